The lowest BCUT2D eigenvalue weighted by Gasteiger charge is -2.07. The van der Waals surface area contributed by atoms with Crippen molar-refractivity contribution in [3.63, 3.8) is 0 Å². The number of amides is 1. The van der Waals surface area contributed by atoms with Gasteiger partial charge in [0.2, 0.25) is 5.91 Å². The molecule has 21 heavy (non-hydrogen) atoms. The first-order valence-electron chi connectivity index (χ1n) is 6.48. The predicted molar refractivity (Wildman–Crippen MR) is 76.9 cm³/mol. The minimum Gasteiger partial charge on any atom is -0.382 e. The van der Waals surface area contributed by atoms with Crippen LogP contribution in [-0.4, -0.2) is 39.4 Å². The monoisotopic (exact) mass is 294 g/mol. The maximum Gasteiger partial charge on any atom is 0.246 e. The van der Waals surface area contributed by atoms with Crippen LogP contribution >= 0.6 is 0 Å². The van der Waals surface area contributed by atoms with E-state index in [1.54, 1.807) is 19.2 Å². The SMILES string of the molecule is COCCOCC(=O)NCc1cc(C#CCN)ccc1F. The second kappa shape index (κ2) is 9.88. The van der Waals surface area contributed by atoms with Gasteiger partial charge in [0.25, 0.3) is 0 Å². The van der Waals surface area contributed by atoms with Gasteiger partial charge in [-0.15, -0.1) is 0 Å². The Hall–Kier alpha value is -1.94. The van der Waals surface area contributed by atoms with Crippen LogP contribution in [0.5, 0.6) is 0 Å². The zero-order chi connectivity index (χ0) is 15.5. The second-order valence-electron chi connectivity index (χ2n) is 4.13. The Balaban J connectivity index is 2.48. The molecule has 0 aliphatic carbocycles. The summed E-state index contributed by atoms with van der Waals surface area (Å²) in [6.45, 7) is 0.989. The number of carbonyl (C=O) groups excluding carboxylic acids is 1. The molecule has 1 rings (SSSR count). The average Bonchev–Trinajstić information content (AvgIpc) is 2.49. The lowest BCUT2D eigenvalue weighted by atomic mass is 10.1. The Morgan fingerprint density at radius 1 is 1.43 bits per heavy atom. The topological polar surface area (TPSA) is 73.6 Å². The molecule has 114 valence electrons. The van der Waals surface area contributed by atoms with Gasteiger partial charge in [0.15, 0.2) is 0 Å². The van der Waals surface area contributed by atoms with E-state index in [-0.39, 0.29) is 25.6 Å². The summed E-state index contributed by atoms with van der Waals surface area (Å²) in [6.07, 6.45) is 0. The molecule has 0 heterocycles. The molecule has 1 amide bonds. The zero-order valence-corrected chi connectivity index (χ0v) is 11.9. The first-order valence-corrected chi connectivity index (χ1v) is 6.48. The van der Waals surface area contributed by atoms with Gasteiger partial charge in [0.1, 0.15) is 12.4 Å². The summed E-state index contributed by atoms with van der Waals surface area (Å²) in [7, 11) is 1.55. The molecule has 0 saturated heterocycles. The quantitative estimate of drug-likeness (QED) is 0.564. The number of halogens is 1. The first kappa shape index (κ1) is 17.1. The fourth-order valence-electron chi connectivity index (χ4n) is 1.49. The number of methoxy groups -OCH3 is 1. The molecule has 0 bridgehead atoms. The highest BCUT2D eigenvalue weighted by Crippen LogP contribution is 2.09. The highest BCUT2D eigenvalue weighted by Gasteiger charge is 2.06. The Labute approximate surface area is 123 Å². The van der Waals surface area contributed by atoms with Crippen molar-refractivity contribution in [2.24, 2.45) is 5.73 Å². The third-order valence-corrected chi connectivity index (χ3v) is 2.52. The third kappa shape index (κ3) is 6.86. The third-order valence-electron chi connectivity index (χ3n) is 2.52. The molecule has 0 fully saturated rings. The Morgan fingerprint density at radius 2 is 2.24 bits per heavy atom. The molecule has 5 nitrogen and oxygen atoms in total. The van der Waals surface area contributed by atoms with Gasteiger partial charge in [-0.05, 0) is 18.2 Å². The molecule has 0 aliphatic heterocycles. The van der Waals surface area contributed by atoms with E-state index in [1.165, 1.54) is 6.07 Å². The second-order valence-corrected chi connectivity index (χ2v) is 4.13. The van der Waals surface area contributed by atoms with E-state index in [4.69, 9.17) is 15.2 Å². The van der Waals surface area contributed by atoms with Gasteiger partial charge < -0.3 is 20.5 Å². The molecule has 0 atom stereocenters. The highest BCUT2D eigenvalue weighted by atomic mass is 19.1. The van der Waals surface area contributed by atoms with Crippen LogP contribution in [0.3, 0.4) is 0 Å². The number of hydrogen-bond acceptors (Lipinski definition) is 4. The van der Waals surface area contributed by atoms with Crippen molar-refractivity contribution in [1.29, 1.82) is 0 Å². The van der Waals surface area contributed by atoms with Gasteiger partial charge in [0, 0.05) is 24.8 Å². The van der Waals surface area contributed by atoms with E-state index in [9.17, 15) is 9.18 Å². The van der Waals surface area contributed by atoms with E-state index in [1.807, 2.05) is 0 Å². The molecular weight excluding hydrogens is 275 g/mol. The van der Waals surface area contributed by atoms with Gasteiger partial charge in [-0.3, -0.25) is 4.79 Å². The van der Waals surface area contributed by atoms with Gasteiger partial charge in [-0.2, -0.15) is 0 Å². The Morgan fingerprint density at radius 3 is 2.95 bits per heavy atom. The number of nitrogens with one attached hydrogen (secondary N) is 1. The van der Waals surface area contributed by atoms with Crippen LogP contribution < -0.4 is 11.1 Å². The normalized spacial score (nSPS) is 9.86. The van der Waals surface area contributed by atoms with Crippen LogP contribution in [0.4, 0.5) is 4.39 Å². The van der Waals surface area contributed by atoms with E-state index in [2.05, 4.69) is 17.2 Å². The minimum atomic E-state index is -0.395. The number of hydrogen-bond donors (Lipinski definition) is 2. The summed E-state index contributed by atoms with van der Waals surface area (Å²) in [5.74, 6) is 4.80. The number of carbonyl (C=O) groups is 1. The highest BCUT2D eigenvalue weighted by molar-refractivity contribution is 5.77. The van der Waals surface area contributed by atoms with Crippen LogP contribution in [0.2, 0.25) is 0 Å². The summed E-state index contributed by atoms with van der Waals surface area (Å²) < 4.78 is 23.5. The largest absolute Gasteiger partial charge is 0.382 e. The Kier molecular flexibility index (Phi) is 8.05. The van der Waals surface area contributed by atoms with Crippen LogP contribution in [-0.2, 0) is 20.8 Å². The molecule has 3 N–H and O–H groups in total. The molecule has 1 aromatic rings. The summed E-state index contributed by atoms with van der Waals surface area (Å²) >= 11 is 0. The van der Waals surface area contributed by atoms with Gasteiger partial charge in [0.05, 0.1) is 19.8 Å². The molecule has 0 aromatic heterocycles. The predicted octanol–water partition coefficient (Wildman–Crippen LogP) is 0.415. The molecule has 0 unspecified atom stereocenters. The minimum absolute atomic E-state index is 0.0798. The lowest BCUT2D eigenvalue weighted by molar-refractivity contribution is -0.126. The van der Waals surface area contributed by atoms with Crippen molar-refractivity contribution in [2.45, 2.75) is 6.54 Å². The number of ether oxygens (including phenoxy) is 2. The van der Waals surface area contributed by atoms with E-state index < -0.39 is 5.82 Å². The fourth-order valence-corrected chi connectivity index (χ4v) is 1.49. The van der Waals surface area contributed by atoms with Crippen LogP contribution in [0.25, 0.3) is 0 Å². The van der Waals surface area contributed by atoms with Gasteiger partial charge >= 0.3 is 0 Å². The molecule has 1 aromatic carbocycles. The van der Waals surface area contributed by atoms with Gasteiger partial charge in [-0.25, -0.2) is 4.39 Å². The van der Waals surface area contributed by atoms with Crippen molar-refractivity contribution in [3.8, 4) is 11.8 Å². The van der Waals surface area contributed by atoms with Crippen LogP contribution in [0.15, 0.2) is 18.2 Å². The number of rotatable bonds is 7. The number of benzene rings is 1. The molecular formula is C15H19FN2O3. The summed E-state index contributed by atoms with van der Waals surface area (Å²) in [4.78, 5) is 11.5. The maximum absolute atomic E-state index is 13.6. The van der Waals surface area contributed by atoms with E-state index >= 15 is 0 Å². The summed E-state index contributed by atoms with van der Waals surface area (Å²) in [5.41, 5.74) is 6.30. The first-order chi connectivity index (χ1) is 10.2. The standard InChI is InChI=1S/C15H19FN2O3/c1-20-7-8-21-11-15(19)18-10-13-9-12(3-2-6-17)4-5-14(13)16/h4-5,9H,6-8,10-11,17H2,1H3,(H,18,19). The van der Waals surface area contributed by atoms with Crippen LogP contribution in [0, 0.1) is 17.7 Å². The van der Waals surface area contributed by atoms with Crippen molar-refractivity contribution in [2.75, 3.05) is 33.5 Å². The van der Waals surface area contributed by atoms with Crippen molar-refractivity contribution < 1.29 is 18.7 Å². The van der Waals surface area contributed by atoms with Crippen molar-refractivity contribution in [3.05, 3.63) is 35.1 Å². The number of nitrogens with two attached hydrogens (primary N) is 1. The average molecular weight is 294 g/mol. The van der Waals surface area contributed by atoms with Crippen molar-refractivity contribution >= 4 is 5.91 Å². The molecule has 6 heteroatoms. The van der Waals surface area contributed by atoms with Gasteiger partial charge in [-0.1, -0.05) is 11.8 Å². The Bertz CT molecular complexity index is 523. The lowest BCUT2D eigenvalue weighted by Crippen LogP contribution is -2.28. The molecule has 0 saturated carbocycles. The fraction of sp³-hybridized carbons (Fsp3) is 0.400. The maximum atomic E-state index is 13.6. The smallest absolute Gasteiger partial charge is 0.246 e. The zero-order valence-electron chi connectivity index (χ0n) is 11.9. The van der Waals surface area contributed by atoms with E-state index in [0.29, 0.717) is 24.3 Å². The molecule has 0 radical (unpaired) electrons. The molecule has 0 aliphatic rings. The van der Waals surface area contributed by atoms with E-state index in [0.717, 1.165) is 0 Å². The van der Waals surface area contributed by atoms with Crippen molar-refractivity contribution in [1.82, 2.24) is 5.32 Å². The summed E-state index contributed by atoms with van der Waals surface area (Å²) in [6, 6.07) is 4.47. The summed E-state index contributed by atoms with van der Waals surface area (Å²) in [5, 5.41) is 2.58. The molecule has 0 spiro atoms. The van der Waals surface area contributed by atoms with Crippen LogP contribution in [0.1, 0.15) is 11.1 Å².